The number of piperidine rings is 1. The zero-order valence-electron chi connectivity index (χ0n) is 22.8. The number of aryl methyl sites for hydroxylation is 1. The smallest absolute Gasteiger partial charge is 0.252 e. The zero-order chi connectivity index (χ0) is 27.7. The molecule has 0 radical (unpaired) electrons. The van der Waals surface area contributed by atoms with E-state index in [0.29, 0.717) is 11.1 Å². The molecule has 3 aliphatic heterocycles. The van der Waals surface area contributed by atoms with Crippen LogP contribution in [0.2, 0.25) is 0 Å². The molecule has 0 aliphatic carbocycles. The van der Waals surface area contributed by atoms with E-state index in [-0.39, 0.29) is 35.1 Å². The van der Waals surface area contributed by atoms with Crippen molar-refractivity contribution in [2.75, 3.05) is 34.4 Å². The van der Waals surface area contributed by atoms with Crippen LogP contribution < -0.4 is 9.80 Å². The lowest BCUT2D eigenvalue weighted by atomic mass is 9.90. The molecule has 8 heteroatoms. The third kappa shape index (κ3) is 6.13. The molecule has 3 aliphatic rings. The maximum absolute atomic E-state index is 12.9. The molecule has 0 unspecified atom stereocenters. The molecule has 0 N–H and O–H groups in total. The van der Waals surface area contributed by atoms with Crippen LogP contribution in [0.15, 0.2) is 83.9 Å². The van der Waals surface area contributed by atoms with Gasteiger partial charge in [0.25, 0.3) is 5.91 Å². The first-order valence-corrected chi connectivity index (χ1v) is 16.8. The second kappa shape index (κ2) is 11.4. The van der Waals surface area contributed by atoms with E-state index in [1.54, 1.807) is 0 Å². The summed E-state index contributed by atoms with van der Waals surface area (Å²) in [6, 6.07) is 26.8. The number of amidine groups is 1. The minimum atomic E-state index is -3.11. The van der Waals surface area contributed by atoms with Crippen LogP contribution in [0.3, 0.4) is 0 Å². The molecule has 0 saturated carbocycles. The van der Waals surface area contributed by atoms with E-state index in [2.05, 4.69) is 64.5 Å². The van der Waals surface area contributed by atoms with Crippen LogP contribution >= 0.6 is 11.8 Å². The molecule has 6 nitrogen and oxygen atoms in total. The van der Waals surface area contributed by atoms with Crippen LogP contribution in [0.4, 0.5) is 11.4 Å². The maximum Gasteiger partial charge on any atom is 0.252 e. The summed E-state index contributed by atoms with van der Waals surface area (Å²) in [4.78, 5) is 21.9. The molecular weight excluding hydrogens is 539 g/mol. The first-order chi connectivity index (χ1) is 19.3. The highest BCUT2D eigenvalue weighted by Gasteiger charge is 2.49. The Balaban J connectivity index is 1.16. The SMILES string of the molecule is Cc1ccc(CC(=O)N=C2S[C@H]3CS(=O)(=O)C[C@@H]3N2c2ccc(N3CCC(Cc4ccccc4)CC3)cc2)cc1. The largest absolute Gasteiger partial charge is 0.372 e. The number of hydrogen-bond donors (Lipinski definition) is 0. The molecular formula is C32H35N3O3S2. The van der Waals surface area contributed by atoms with Crippen molar-refractivity contribution in [1.29, 1.82) is 0 Å². The van der Waals surface area contributed by atoms with Crippen molar-refractivity contribution < 1.29 is 13.2 Å². The molecule has 3 aromatic rings. The van der Waals surface area contributed by atoms with Crippen LogP contribution in [0.25, 0.3) is 0 Å². The second-order valence-corrected chi connectivity index (χ2v) is 14.6. The number of amides is 1. The van der Waals surface area contributed by atoms with Crippen molar-refractivity contribution in [2.45, 2.75) is 43.9 Å². The molecule has 3 heterocycles. The average molecular weight is 574 g/mol. The summed E-state index contributed by atoms with van der Waals surface area (Å²) in [7, 11) is -3.11. The number of sulfone groups is 1. The van der Waals surface area contributed by atoms with Gasteiger partial charge in [0.1, 0.15) is 0 Å². The molecule has 6 rings (SSSR count). The first kappa shape index (κ1) is 27.1. The molecule has 2 atom stereocenters. The summed E-state index contributed by atoms with van der Waals surface area (Å²) < 4.78 is 24.9. The van der Waals surface area contributed by atoms with Gasteiger partial charge in [0, 0.05) is 29.7 Å². The van der Waals surface area contributed by atoms with Crippen LogP contribution in [-0.4, -0.2) is 55.4 Å². The predicted molar refractivity (Wildman–Crippen MR) is 165 cm³/mol. The highest BCUT2D eigenvalue weighted by Crippen LogP contribution is 2.41. The average Bonchev–Trinajstić information content (AvgIpc) is 3.41. The van der Waals surface area contributed by atoms with Gasteiger partial charge >= 0.3 is 0 Å². The van der Waals surface area contributed by atoms with E-state index in [1.165, 1.54) is 35.9 Å². The van der Waals surface area contributed by atoms with Gasteiger partial charge in [0.15, 0.2) is 15.0 Å². The van der Waals surface area contributed by atoms with Crippen LogP contribution in [0.1, 0.15) is 29.5 Å². The van der Waals surface area contributed by atoms with Crippen molar-refractivity contribution in [1.82, 2.24) is 0 Å². The molecule has 0 aromatic heterocycles. The van der Waals surface area contributed by atoms with Gasteiger partial charge in [0.2, 0.25) is 0 Å². The van der Waals surface area contributed by atoms with Crippen molar-refractivity contribution >= 4 is 44.0 Å². The molecule has 3 aromatic carbocycles. The Morgan fingerprint density at radius 1 is 0.875 bits per heavy atom. The Kier molecular flexibility index (Phi) is 7.73. The number of carbonyl (C=O) groups is 1. The number of aliphatic imine (C=N–C) groups is 1. The Labute approximate surface area is 241 Å². The van der Waals surface area contributed by atoms with Crippen molar-refractivity contribution in [2.24, 2.45) is 10.9 Å². The number of thioether (sulfide) groups is 1. The molecule has 0 spiro atoms. The van der Waals surface area contributed by atoms with Crippen molar-refractivity contribution in [3.63, 3.8) is 0 Å². The Hall–Kier alpha value is -3.10. The first-order valence-electron chi connectivity index (χ1n) is 14.1. The van der Waals surface area contributed by atoms with Crippen LogP contribution in [-0.2, 0) is 27.5 Å². The molecule has 40 heavy (non-hydrogen) atoms. The summed E-state index contributed by atoms with van der Waals surface area (Å²) in [5, 5.41) is 0.496. The number of rotatable bonds is 6. The fourth-order valence-electron chi connectivity index (χ4n) is 6.06. The minimum Gasteiger partial charge on any atom is -0.372 e. The van der Waals surface area contributed by atoms with E-state index in [1.807, 2.05) is 36.1 Å². The number of carbonyl (C=O) groups excluding carboxylic acids is 1. The zero-order valence-corrected chi connectivity index (χ0v) is 24.4. The van der Waals surface area contributed by atoms with Gasteiger partial charge in [-0.15, -0.1) is 0 Å². The van der Waals surface area contributed by atoms with Crippen LogP contribution in [0, 0.1) is 12.8 Å². The molecule has 0 bridgehead atoms. The second-order valence-electron chi connectivity index (χ2n) is 11.3. The topological polar surface area (TPSA) is 70.0 Å². The summed E-state index contributed by atoms with van der Waals surface area (Å²) in [6.45, 7) is 4.07. The van der Waals surface area contributed by atoms with Crippen molar-refractivity contribution in [3.05, 3.63) is 95.6 Å². The number of hydrogen-bond acceptors (Lipinski definition) is 5. The minimum absolute atomic E-state index is 0.0898. The van der Waals surface area contributed by atoms with Gasteiger partial charge in [-0.3, -0.25) is 4.79 Å². The monoisotopic (exact) mass is 573 g/mol. The fraction of sp³-hybridized carbons (Fsp3) is 0.375. The van der Waals surface area contributed by atoms with E-state index in [0.717, 1.165) is 36.3 Å². The Morgan fingerprint density at radius 3 is 2.25 bits per heavy atom. The molecule has 3 fully saturated rings. The van der Waals surface area contributed by atoms with E-state index >= 15 is 0 Å². The quantitative estimate of drug-likeness (QED) is 0.399. The predicted octanol–water partition coefficient (Wildman–Crippen LogP) is 5.30. The number of benzene rings is 3. The van der Waals surface area contributed by atoms with Gasteiger partial charge in [-0.05, 0) is 67.5 Å². The third-order valence-electron chi connectivity index (χ3n) is 8.24. The van der Waals surface area contributed by atoms with Gasteiger partial charge in [-0.2, -0.15) is 4.99 Å². The standard InChI is InChI=1S/C32H35N3O3S2/c1-23-7-9-25(10-8-23)20-31(36)33-32-35(29-21-40(37,38)22-30(29)39-32)28-13-11-27(12-14-28)34-17-15-26(16-18-34)19-24-5-3-2-4-6-24/h2-14,26,29-30H,15-22H2,1H3/t29-,30-/m0/s1. The fourth-order valence-corrected chi connectivity index (χ4v) is 9.99. The maximum atomic E-state index is 12.9. The number of anilines is 2. The van der Waals surface area contributed by atoms with Gasteiger partial charge in [0.05, 0.1) is 24.0 Å². The van der Waals surface area contributed by atoms with Crippen LogP contribution in [0.5, 0.6) is 0 Å². The summed E-state index contributed by atoms with van der Waals surface area (Å²) >= 11 is 1.43. The summed E-state index contributed by atoms with van der Waals surface area (Å²) in [5.41, 5.74) is 5.55. The lowest BCUT2D eigenvalue weighted by molar-refractivity contribution is -0.117. The molecule has 3 saturated heterocycles. The highest BCUT2D eigenvalue weighted by atomic mass is 32.2. The lowest BCUT2D eigenvalue weighted by Crippen LogP contribution is -2.38. The molecule has 1 amide bonds. The van der Waals surface area contributed by atoms with E-state index in [9.17, 15) is 13.2 Å². The van der Waals surface area contributed by atoms with Gasteiger partial charge in [-0.25, -0.2) is 8.42 Å². The summed E-state index contributed by atoms with van der Waals surface area (Å²) in [6.07, 6.45) is 3.70. The van der Waals surface area contributed by atoms with E-state index in [4.69, 9.17) is 0 Å². The third-order valence-corrected chi connectivity index (χ3v) is 11.4. The Morgan fingerprint density at radius 2 is 1.55 bits per heavy atom. The normalized spacial score (nSPS) is 23.5. The lowest BCUT2D eigenvalue weighted by Gasteiger charge is -2.34. The molecule has 208 valence electrons. The summed E-state index contributed by atoms with van der Waals surface area (Å²) in [5.74, 6) is 0.707. The van der Waals surface area contributed by atoms with E-state index < -0.39 is 9.84 Å². The highest BCUT2D eigenvalue weighted by molar-refractivity contribution is 8.16. The van der Waals surface area contributed by atoms with Gasteiger partial charge in [-0.1, -0.05) is 71.9 Å². The number of fused-ring (bicyclic) bond motifs is 1. The van der Waals surface area contributed by atoms with Gasteiger partial charge < -0.3 is 9.80 Å². The van der Waals surface area contributed by atoms with Crippen molar-refractivity contribution in [3.8, 4) is 0 Å². The Bertz CT molecular complexity index is 1480. The number of nitrogens with zero attached hydrogens (tertiary/aromatic N) is 3.